The minimum absolute atomic E-state index is 0.395. The van der Waals surface area contributed by atoms with Crippen molar-refractivity contribution in [2.45, 2.75) is 19.8 Å². The molecule has 0 saturated carbocycles. The Labute approximate surface area is 77.9 Å². The van der Waals surface area contributed by atoms with Crippen LogP contribution in [0.25, 0.3) is 0 Å². The van der Waals surface area contributed by atoms with Crippen LogP contribution < -0.4 is 16.2 Å². The van der Waals surface area contributed by atoms with Gasteiger partial charge in [-0.05, 0) is 6.42 Å². The van der Waals surface area contributed by atoms with Crippen LogP contribution in [0.1, 0.15) is 19.8 Å². The van der Waals surface area contributed by atoms with Crippen molar-refractivity contribution in [3.8, 4) is 5.75 Å². The molecule has 0 spiro atoms. The van der Waals surface area contributed by atoms with E-state index in [0.29, 0.717) is 24.0 Å². The van der Waals surface area contributed by atoms with E-state index in [2.05, 4.69) is 11.9 Å². The fraction of sp³-hybridized carbons (Fsp3) is 0.444. The molecule has 72 valence electrons. The molecule has 0 aliphatic carbocycles. The van der Waals surface area contributed by atoms with Crippen molar-refractivity contribution in [2.24, 2.45) is 0 Å². The van der Waals surface area contributed by atoms with E-state index in [1.807, 2.05) is 0 Å². The molecule has 0 fully saturated rings. The second kappa shape index (κ2) is 4.54. The van der Waals surface area contributed by atoms with E-state index in [1.165, 1.54) is 0 Å². The van der Waals surface area contributed by atoms with Crippen molar-refractivity contribution in [2.75, 3.05) is 18.1 Å². The number of ether oxygens (including phenoxy) is 1. The molecule has 0 aliphatic rings. The largest absolute Gasteiger partial charge is 0.493 e. The highest BCUT2D eigenvalue weighted by Gasteiger charge is 1.97. The molecule has 0 aromatic carbocycles. The van der Waals surface area contributed by atoms with Gasteiger partial charge in [0.25, 0.3) is 0 Å². The lowest BCUT2D eigenvalue weighted by atomic mass is 10.3. The Morgan fingerprint density at radius 2 is 1.92 bits per heavy atom. The molecular formula is C9H15N3O. The summed E-state index contributed by atoms with van der Waals surface area (Å²) in [6, 6.07) is 3.35. The fourth-order valence-corrected chi connectivity index (χ4v) is 0.964. The molecule has 4 N–H and O–H groups in total. The third kappa shape index (κ3) is 3.19. The number of nitrogen functional groups attached to an aromatic ring is 2. The first-order valence-electron chi connectivity index (χ1n) is 4.38. The molecular weight excluding hydrogens is 166 g/mol. The Morgan fingerprint density at radius 3 is 2.46 bits per heavy atom. The number of unbranched alkanes of at least 4 members (excludes halogenated alkanes) is 1. The van der Waals surface area contributed by atoms with Gasteiger partial charge in [0.05, 0.1) is 6.61 Å². The van der Waals surface area contributed by atoms with E-state index in [9.17, 15) is 0 Å². The lowest BCUT2D eigenvalue weighted by Crippen LogP contribution is -2.00. The molecule has 0 unspecified atom stereocenters. The van der Waals surface area contributed by atoms with Crippen molar-refractivity contribution in [3.63, 3.8) is 0 Å². The second-order valence-corrected chi connectivity index (χ2v) is 2.85. The normalized spacial score (nSPS) is 9.92. The Morgan fingerprint density at radius 1 is 1.31 bits per heavy atom. The van der Waals surface area contributed by atoms with Crippen LogP contribution in [0.2, 0.25) is 0 Å². The number of rotatable bonds is 4. The summed E-state index contributed by atoms with van der Waals surface area (Å²) in [5.41, 5.74) is 11.0. The predicted molar refractivity (Wildman–Crippen MR) is 53.5 cm³/mol. The van der Waals surface area contributed by atoms with E-state index < -0.39 is 0 Å². The van der Waals surface area contributed by atoms with Crippen molar-refractivity contribution in [1.82, 2.24) is 4.98 Å². The number of pyridine rings is 1. The monoisotopic (exact) mass is 181 g/mol. The zero-order valence-corrected chi connectivity index (χ0v) is 7.79. The summed E-state index contributed by atoms with van der Waals surface area (Å²) in [6.07, 6.45) is 2.14. The van der Waals surface area contributed by atoms with Gasteiger partial charge in [0.2, 0.25) is 0 Å². The number of aromatic nitrogens is 1. The SMILES string of the molecule is CCCCOc1cc(N)nc(N)c1. The lowest BCUT2D eigenvalue weighted by Gasteiger charge is -2.06. The molecule has 1 aromatic rings. The summed E-state index contributed by atoms with van der Waals surface area (Å²) in [7, 11) is 0. The number of nitrogens with zero attached hydrogens (tertiary/aromatic N) is 1. The maximum atomic E-state index is 5.49. The molecule has 1 rings (SSSR count). The Hall–Kier alpha value is -1.45. The van der Waals surface area contributed by atoms with Crippen LogP contribution in [-0.4, -0.2) is 11.6 Å². The van der Waals surface area contributed by atoms with Crippen molar-refractivity contribution < 1.29 is 4.74 Å². The standard InChI is InChI=1S/C9H15N3O/c1-2-3-4-13-7-5-8(10)12-9(11)6-7/h5-6H,2-4H2,1H3,(H4,10,11,12). The van der Waals surface area contributed by atoms with Crippen molar-refractivity contribution >= 4 is 11.6 Å². The number of hydrogen-bond acceptors (Lipinski definition) is 4. The third-order valence-electron chi connectivity index (χ3n) is 1.61. The third-order valence-corrected chi connectivity index (χ3v) is 1.61. The van der Waals surface area contributed by atoms with Crippen LogP contribution in [0.4, 0.5) is 11.6 Å². The van der Waals surface area contributed by atoms with E-state index in [4.69, 9.17) is 16.2 Å². The predicted octanol–water partition coefficient (Wildman–Crippen LogP) is 1.42. The summed E-state index contributed by atoms with van der Waals surface area (Å²) in [6.45, 7) is 2.80. The molecule has 13 heavy (non-hydrogen) atoms. The Kier molecular flexibility index (Phi) is 3.37. The zero-order valence-electron chi connectivity index (χ0n) is 7.79. The number of hydrogen-bond donors (Lipinski definition) is 2. The van der Waals surface area contributed by atoms with Gasteiger partial charge in [-0.1, -0.05) is 13.3 Å². The van der Waals surface area contributed by atoms with Crippen LogP contribution >= 0.6 is 0 Å². The first-order chi connectivity index (χ1) is 6.22. The van der Waals surface area contributed by atoms with Crippen LogP contribution in [0, 0.1) is 0 Å². The first kappa shape index (κ1) is 9.64. The van der Waals surface area contributed by atoms with Gasteiger partial charge in [-0.2, -0.15) is 0 Å². The van der Waals surface area contributed by atoms with Gasteiger partial charge in [0, 0.05) is 12.1 Å². The summed E-state index contributed by atoms with van der Waals surface area (Å²) in [4.78, 5) is 3.84. The van der Waals surface area contributed by atoms with Crippen molar-refractivity contribution in [3.05, 3.63) is 12.1 Å². The van der Waals surface area contributed by atoms with Crippen LogP contribution in [0.15, 0.2) is 12.1 Å². The van der Waals surface area contributed by atoms with Gasteiger partial charge < -0.3 is 16.2 Å². The zero-order chi connectivity index (χ0) is 9.68. The van der Waals surface area contributed by atoms with E-state index in [1.54, 1.807) is 12.1 Å². The van der Waals surface area contributed by atoms with Crippen LogP contribution in [-0.2, 0) is 0 Å². The average molecular weight is 181 g/mol. The minimum Gasteiger partial charge on any atom is -0.493 e. The van der Waals surface area contributed by atoms with E-state index in [0.717, 1.165) is 12.8 Å². The van der Waals surface area contributed by atoms with Gasteiger partial charge in [0.15, 0.2) is 0 Å². The minimum atomic E-state index is 0.395. The smallest absolute Gasteiger partial charge is 0.129 e. The second-order valence-electron chi connectivity index (χ2n) is 2.85. The van der Waals surface area contributed by atoms with Gasteiger partial charge in [-0.25, -0.2) is 4.98 Å². The molecule has 0 atom stereocenters. The summed E-state index contributed by atoms with van der Waals surface area (Å²) in [5, 5.41) is 0. The van der Waals surface area contributed by atoms with Crippen molar-refractivity contribution in [1.29, 1.82) is 0 Å². The molecule has 0 saturated heterocycles. The first-order valence-corrected chi connectivity index (χ1v) is 4.38. The van der Waals surface area contributed by atoms with Gasteiger partial charge >= 0.3 is 0 Å². The molecule has 0 bridgehead atoms. The molecule has 0 radical (unpaired) electrons. The molecule has 0 amide bonds. The van der Waals surface area contributed by atoms with Gasteiger partial charge in [-0.3, -0.25) is 0 Å². The molecule has 1 heterocycles. The maximum absolute atomic E-state index is 5.49. The topological polar surface area (TPSA) is 74.2 Å². The van der Waals surface area contributed by atoms with E-state index in [-0.39, 0.29) is 0 Å². The highest BCUT2D eigenvalue weighted by atomic mass is 16.5. The highest BCUT2D eigenvalue weighted by Crippen LogP contribution is 2.16. The maximum Gasteiger partial charge on any atom is 0.129 e. The quantitative estimate of drug-likeness (QED) is 0.689. The molecule has 1 aromatic heterocycles. The molecule has 4 nitrogen and oxygen atoms in total. The lowest BCUT2D eigenvalue weighted by molar-refractivity contribution is 0.309. The average Bonchev–Trinajstić information content (AvgIpc) is 2.03. The summed E-state index contributed by atoms with van der Waals surface area (Å²) in [5.74, 6) is 1.48. The Bertz CT molecular complexity index is 255. The van der Waals surface area contributed by atoms with Crippen LogP contribution in [0.5, 0.6) is 5.75 Å². The summed E-state index contributed by atoms with van der Waals surface area (Å²) < 4.78 is 5.41. The Balaban J connectivity index is 2.56. The highest BCUT2D eigenvalue weighted by molar-refractivity contribution is 5.46. The van der Waals surface area contributed by atoms with E-state index >= 15 is 0 Å². The van der Waals surface area contributed by atoms with Crippen LogP contribution in [0.3, 0.4) is 0 Å². The summed E-state index contributed by atoms with van der Waals surface area (Å²) >= 11 is 0. The van der Waals surface area contributed by atoms with Gasteiger partial charge in [-0.15, -0.1) is 0 Å². The molecule has 4 heteroatoms. The number of nitrogens with two attached hydrogens (primary N) is 2. The molecule has 0 aliphatic heterocycles. The number of anilines is 2. The fourth-order valence-electron chi connectivity index (χ4n) is 0.964. The van der Waals surface area contributed by atoms with Gasteiger partial charge in [0.1, 0.15) is 17.4 Å².